The number of hydrogen-bond acceptors (Lipinski definition) is 13. The Hall–Kier alpha value is -4.90. The Morgan fingerprint density at radius 2 is 1.81 bits per heavy atom. The number of hydrogen-bond donors (Lipinski definition) is 6. The second-order valence-corrected chi connectivity index (χ2v) is 11.5. The van der Waals surface area contributed by atoms with Crippen molar-refractivity contribution in [1.29, 1.82) is 0 Å². The van der Waals surface area contributed by atoms with E-state index in [1.807, 2.05) is 0 Å². The van der Waals surface area contributed by atoms with Gasteiger partial charge in [-0.3, -0.25) is 24.6 Å². The molecule has 0 spiro atoms. The summed E-state index contributed by atoms with van der Waals surface area (Å²) in [4.78, 5) is 70.1. The highest BCUT2D eigenvalue weighted by molar-refractivity contribution is 8.01. The highest BCUT2D eigenvalue weighted by Crippen LogP contribution is 2.41. The number of thioether (sulfide) groups is 2. The lowest BCUT2D eigenvalue weighted by atomic mass is 10.0. The smallest absolute Gasteiger partial charge is 0.480 e. The SMILES string of the molecule is Cn1nnnc1SCC1=C(C(=O)O)N2C(=O)[C@@H](NC(=O)Cc3ccc(NC(=O)OC[C@H](N)C(=O)O)cc3)[C@@H]2SC1.O=C(O)C(F)(F)F. The molecule has 2 aromatic rings. The van der Waals surface area contributed by atoms with Crippen LogP contribution in [0.5, 0.6) is 0 Å². The first-order valence-electron chi connectivity index (χ1n) is 12.8. The number of carbonyl (C=O) groups is 6. The molecule has 0 saturated carbocycles. The first kappa shape index (κ1) is 36.6. The zero-order valence-corrected chi connectivity index (χ0v) is 25.5. The summed E-state index contributed by atoms with van der Waals surface area (Å²) in [6.45, 7) is -0.499. The van der Waals surface area contributed by atoms with Gasteiger partial charge in [0.2, 0.25) is 11.1 Å². The number of rotatable bonds is 11. The molecule has 7 N–H and O–H groups in total. The average molecular weight is 707 g/mol. The third kappa shape index (κ3) is 9.79. The highest BCUT2D eigenvalue weighted by Gasteiger charge is 2.54. The minimum absolute atomic E-state index is 0.0609. The first-order valence-corrected chi connectivity index (χ1v) is 14.9. The van der Waals surface area contributed by atoms with Gasteiger partial charge in [0.1, 0.15) is 29.8 Å². The van der Waals surface area contributed by atoms with E-state index in [2.05, 4.69) is 26.2 Å². The number of alkyl halides is 3. The van der Waals surface area contributed by atoms with Crippen molar-refractivity contribution in [2.24, 2.45) is 12.8 Å². The number of aromatic nitrogens is 4. The number of amides is 3. The molecule has 23 heteroatoms. The number of aryl methyl sites for hydroxylation is 1. The van der Waals surface area contributed by atoms with Gasteiger partial charge in [-0.15, -0.1) is 16.9 Å². The monoisotopic (exact) mass is 706 g/mol. The van der Waals surface area contributed by atoms with Crippen molar-refractivity contribution >= 4 is 65.0 Å². The number of nitrogens with one attached hydrogen (secondary N) is 2. The van der Waals surface area contributed by atoms with Crippen LogP contribution in [0.2, 0.25) is 0 Å². The van der Waals surface area contributed by atoms with E-state index in [-0.39, 0.29) is 17.9 Å². The number of fused-ring (bicyclic) bond motifs is 1. The minimum Gasteiger partial charge on any atom is -0.480 e. The first-order chi connectivity index (χ1) is 22.0. The molecule has 254 valence electrons. The zero-order valence-electron chi connectivity index (χ0n) is 23.8. The van der Waals surface area contributed by atoms with Gasteiger partial charge >= 0.3 is 30.2 Å². The Kier molecular flexibility index (Phi) is 12.1. The predicted molar refractivity (Wildman–Crippen MR) is 154 cm³/mol. The van der Waals surface area contributed by atoms with Gasteiger partial charge in [0.25, 0.3) is 5.91 Å². The number of nitrogens with two attached hydrogens (primary N) is 1. The molecule has 1 fully saturated rings. The van der Waals surface area contributed by atoms with Crippen LogP contribution in [-0.4, -0.2) is 118 Å². The molecule has 1 aromatic carbocycles. The van der Waals surface area contributed by atoms with Crippen LogP contribution in [-0.2, 0) is 42.2 Å². The summed E-state index contributed by atoms with van der Waals surface area (Å²) in [6.07, 6.45) is -6.03. The standard InChI is InChI=1S/C22H24N8O8S2.C2HF3O2/c1-29-21(26-27-28-29)40-9-11-8-39-18-15(17(32)30(18)16(11)20(35)36)25-14(31)6-10-2-4-12(5-3-10)24-22(37)38-7-13(23)19(33)34;3-2(4,5)1(6)7/h2-5,13,15,18H,6-9,23H2,1H3,(H,24,37)(H,25,31)(H,33,34)(H,35,36);(H,6,7)/t13-,15+,18-;/m0./s1. The van der Waals surface area contributed by atoms with Gasteiger partial charge in [-0.2, -0.15) is 13.2 Å². The van der Waals surface area contributed by atoms with Gasteiger partial charge in [0.05, 0.1) is 6.42 Å². The fourth-order valence-corrected chi connectivity index (χ4v) is 6.13. The number of ether oxygens (including phenoxy) is 1. The van der Waals surface area contributed by atoms with Crippen molar-refractivity contribution < 1.29 is 62.0 Å². The molecule has 0 radical (unpaired) electrons. The van der Waals surface area contributed by atoms with Crippen molar-refractivity contribution in [2.75, 3.05) is 23.4 Å². The number of benzene rings is 1. The quantitative estimate of drug-likeness (QED) is 0.131. The maximum absolute atomic E-state index is 12.9. The number of aliphatic carboxylic acids is 3. The fourth-order valence-electron chi connectivity index (χ4n) is 3.80. The molecule has 3 amide bonds. The van der Waals surface area contributed by atoms with E-state index in [0.717, 1.165) is 0 Å². The topological polar surface area (TPSA) is 269 Å². The van der Waals surface area contributed by atoms with Crippen molar-refractivity contribution in [2.45, 2.75) is 35.2 Å². The lowest BCUT2D eigenvalue weighted by molar-refractivity contribution is -0.192. The maximum atomic E-state index is 12.9. The van der Waals surface area contributed by atoms with Crippen LogP contribution in [0.1, 0.15) is 5.56 Å². The third-order valence-electron chi connectivity index (χ3n) is 6.04. The van der Waals surface area contributed by atoms with Crippen molar-refractivity contribution in [1.82, 2.24) is 30.4 Å². The molecular weight excluding hydrogens is 681 g/mol. The number of carboxylic acids is 3. The van der Waals surface area contributed by atoms with Gasteiger partial charge < -0.3 is 31.1 Å². The summed E-state index contributed by atoms with van der Waals surface area (Å²) >= 11 is 2.62. The van der Waals surface area contributed by atoms with Crippen LogP contribution in [0.4, 0.5) is 23.7 Å². The van der Waals surface area contributed by atoms with Gasteiger partial charge in [0, 0.05) is 24.2 Å². The minimum atomic E-state index is -5.08. The number of anilines is 1. The van der Waals surface area contributed by atoms with Crippen LogP contribution in [0.3, 0.4) is 0 Å². The molecule has 2 aliphatic rings. The number of carbonyl (C=O) groups excluding carboxylic acids is 3. The van der Waals surface area contributed by atoms with Crippen molar-refractivity contribution in [3.8, 4) is 0 Å². The van der Waals surface area contributed by atoms with E-state index in [9.17, 15) is 42.3 Å². The molecule has 1 saturated heterocycles. The van der Waals surface area contributed by atoms with Gasteiger partial charge in [-0.1, -0.05) is 23.9 Å². The Morgan fingerprint density at radius 3 is 2.34 bits per heavy atom. The number of β-lactam (4-membered cyclic amide) rings is 1. The van der Waals surface area contributed by atoms with Crippen LogP contribution in [0, 0.1) is 0 Å². The van der Waals surface area contributed by atoms with Crippen LogP contribution in [0.15, 0.2) is 40.7 Å². The molecule has 3 heterocycles. The molecule has 1 aromatic heterocycles. The summed E-state index contributed by atoms with van der Waals surface area (Å²) in [7, 11) is 1.66. The van der Waals surface area contributed by atoms with Crippen LogP contribution < -0.4 is 16.4 Å². The molecule has 2 aliphatic heterocycles. The lowest BCUT2D eigenvalue weighted by Crippen LogP contribution is -2.70. The Labute approximate surface area is 269 Å². The molecule has 18 nitrogen and oxygen atoms in total. The molecule has 0 aliphatic carbocycles. The Bertz CT molecular complexity index is 1570. The van der Waals surface area contributed by atoms with E-state index in [0.29, 0.717) is 27.7 Å². The normalized spacial score (nSPS) is 17.7. The highest BCUT2D eigenvalue weighted by atomic mass is 32.2. The molecule has 3 atom stereocenters. The third-order valence-corrected chi connectivity index (χ3v) is 8.48. The average Bonchev–Trinajstić information content (AvgIpc) is 3.41. The van der Waals surface area contributed by atoms with Crippen LogP contribution in [0.25, 0.3) is 0 Å². The summed E-state index contributed by atoms with van der Waals surface area (Å²) < 4.78 is 37.9. The summed E-state index contributed by atoms with van der Waals surface area (Å²) in [5, 5.41) is 41.9. The lowest BCUT2D eigenvalue weighted by Gasteiger charge is -2.49. The number of nitrogens with zero attached hydrogens (tertiary/aromatic N) is 5. The Balaban J connectivity index is 0.000000771. The molecule has 0 unspecified atom stereocenters. The fraction of sp³-hybridized carbons (Fsp3) is 0.375. The molecule has 47 heavy (non-hydrogen) atoms. The molecule has 4 rings (SSSR count). The van der Waals surface area contributed by atoms with E-state index in [1.165, 1.54) is 45.2 Å². The summed E-state index contributed by atoms with van der Waals surface area (Å²) in [5.74, 6) is -5.58. The van der Waals surface area contributed by atoms with E-state index in [1.54, 1.807) is 19.2 Å². The van der Waals surface area contributed by atoms with E-state index in [4.69, 9.17) is 25.5 Å². The van der Waals surface area contributed by atoms with Crippen molar-refractivity contribution in [3.05, 3.63) is 41.1 Å². The summed E-state index contributed by atoms with van der Waals surface area (Å²) in [6, 6.07) is 4.02. The second-order valence-electron chi connectivity index (χ2n) is 9.43. The molecular formula is C24H25F3N8O10S2. The second kappa shape index (κ2) is 15.6. The van der Waals surface area contributed by atoms with E-state index < -0.39 is 66.1 Å². The number of halogens is 3. The van der Waals surface area contributed by atoms with Crippen LogP contribution >= 0.6 is 23.5 Å². The predicted octanol–water partition coefficient (Wildman–Crippen LogP) is -0.123. The van der Waals surface area contributed by atoms with E-state index >= 15 is 0 Å². The zero-order chi connectivity index (χ0) is 35.1. The van der Waals surface area contributed by atoms with Gasteiger partial charge in [-0.05, 0) is 33.7 Å². The Morgan fingerprint density at radius 1 is 1.17 bits per heavy atom. The summed E-state index contributed by atoms with van der Waals surface area (Å²) in [5.41, 5.74) is 6.68. The maximum Gasteiger partial charge on any atom is 0.490 e. The van der Waals surface area contributed by atoms with Crippen molar-refractivity contribution in [3.63, 3.8) is 0 Å². The number of carboxylic acid groups (broad SMARTS) is 3. The van der Waals surface area contributed by atoms with Gasteiger partial charge in [-0.25, -0.2) is 19.1 Å². The largest absolute Gasteiger partial charge is 0.490 e. The van der Waals surface area contributed by atoms with Gasteiger partial charge in [0.15, 0.2) is 0 Å². The number of tetrazole rings is 1. The molecule has 0 bridgehead atoms.